The van der Waals surface area contributed by atoms with Crippen LogP contribution >= 0.6 is 0 Å². The van der Waals surface area contributed by atoms with Crippen molar-refractivity contribution in [3.8, 4) is 0 Å². The third kappa shape index (κ3) is 8.10. The molecule has 1 aromatic carbocycles. The molecule has 2 aliphatic carbocycles. The van der Waals surface area contributed by atoms with Gasteiger partial charge in [-0.15, -0.1) is 0 Å². The van der Waals surface area contributed by atoms with E-state index in [0.717, 1.165) is 29.3 Å². The number of hydrogen-bond donors (Lipinski definition) is 3. The van der Waals surface area contributed by atoms with Gasteiger partial charge in [0.25, 0.3) is 11.8 Å². The van der Waals surface area contributed by atoms with Crippen LogP contribution in [0.5, 0.6) is 0 Å². The minimum absolute atomic E-state index is 0.107. The molecule has 12 heteroatoms. The Kier molecular flexibility index (Phi) is 11.5. The number of hydrogen-bond acceptors (Lipinski definition) is 8. The fourth-order valence-electron chi connectivity index (χ4n) is 9.09. The van der Waals surface area contributed by atoms with E-state index in [1.807, 2.05) is 49.4 Å². The van der Waals surface area contributed by atoms with Crippen LogP contribution in [-0.2, 0) is 28.3 Å². The normalized spacial score (nSPS) is 29.3. The Balaban J connectivity index is 1.37. The largest absolute Gasteiger partial charge is 0.451 e. The smallest absolute Gasteiger partial charge is 0.316 e. The van der Waals surface area contributed by atoms with Crippen molar-refractivity contribution in [3.63, 3.8) is 0 Å². The number of cyclic esters (lactones) is 1. The van der Waals surface area contributed by atoms with Crippen LogP contribution in [-0.4, -0.2) is 72.8 Å². The number of rotatable bonds is 6. The molecule has 53 heavy (non-hydrogen) atoms. The van der Waals surface area contributed by atoms with Crippen LogP contribution in [0.15, 0.2) is 36.4 Å². The first-order chi connectivity index (χ1) is 25.1. The molecule has 1 saturated heterocycles. The molecule has 6 unspecified atom stereocenters. The van der Waals surface area contributed by atoms with Crippen molar-refractivity contribution in [2.24, 2.45) is 11.3 Å². The number of amides is 3. The molecule has 3 heterocycles. The van der Waals surface area contributed by atoms with E-state index in [2.05, 4.69) is 57.6 Å². The van der Waals surface area contributed by atoms with Gasteiger partial charge < -0.3 is 19.8 Å². The topological polar surface area (TPSA) is 139 Å². The molecular formula is C41H59N5O6Si. The van der Waals surface area contributed by atoms with E-state index in [4.69, 9.17) is 14.1 Å². The number of aromatic nitrogens is 1. The fraction of sp³-hybridized carbons (Fsp3) is 0.634. The molecule has 2 saturated carbocycles. The number of ether oxygens (including phenoxy) is 1. The van der Waals surface area contributed by atoms with E-state index in [1.54, 1.807) is 6.92 Å². The average molecular weight is 746 g/mol. The van der Waals surface area contributed by atoms with Gasteiger partial charge in [0.1, 0.15) is 12.1 Å². The van der Waals surface area contributed by atoms with E-state index in [-0.39, 0.29) is 29.9 Å². The van der Waals surface area contributed by atoms with Crippen molar-refractivity contribution in [1.82, 2.24) is 26.1 Å². The molecule has 2 aliphatic heterocycles. The van der Waals surface area contributed by atoms with Crippen LogP contribution < -0.4 is 16.1 Å². The van der Waals surface area contributed by atoms with Gasteiger partial charge >= 0.3 is 5.97 Å². The van der Waals surface area contributed by atoms with Crippen LogP contribution in [0.4, 0.5) is 0 Å². The number of hydrazine groups is 1. The highest BCUT2D eigenvalue weighted by Crippen LogP contribution is 2.49. The molecule has 6 atom stereocenters. The Bertz CT molecular complexity index is 1720. The van der Waals surface area contributed by atoms with Crippen LogP contribution in [0.25, 0.3) is 17.0 Å². The summed E-state index contributed by atoms with van der Waals surface area (Å²) in [5, 5.41) is 8.30. The predicted octanol–water partition coefficient (Wildman–Crippen LogP) is 6.49. The molecule has 3 N–H and O–H groups in total. The van der Waals surface area contributed by atoms with Crippen molar-refractivity contribution in [1.29, 1.82) is 0 Å². The van der Waals surface area contributed by atoms with Crippen molar-refractivity contribution >= 4 is 49.0 Å². The predicted molar refractivity (Wildman–Crippen MR) is 208 cm³/mol. The minimum atomic E-state index is -2.24. The lowest BCUT2D eigenvalue weighted by molar-refractivity contribution is -0.165. The van der Waals surface area contributed by atoms with Gasteiger partial charge in [-0.2, -0.15) is 0 Å². The number of carbonyl (C=O) groups excluding carboxylic acids is 4. The van der Waals surface area contributed by atoms with Crippen molar-refractivity contribution in [2.75, 3.05) is 6.54 Å². The zero-order valence-corrected chi connectivity index (χ0v) is 33.7. The number of esters is 1. The molecule has 6 rings (SSSR count). The van der Waals surface area contributed by atoms with Gasteiger partial charge in [0.05, 0.1) is 22.7 Å². The summed E-state index contributed by atoms with van der Waals surface area (Å²) in [5.74, 6) is -1.59. The van der Waals surface area contributed by atoms with E-state index < -0.39 is 43.8 Å². The summed E-state index contributed by atoms with van der Waals surface area (Å²) in [6.07, 6.45) is 7.23. The van der Waals surface area contributed by atoms with E-state index in [1.165, 1.54) is 5.01 Å². The molecule has 288 valence electrons. The summed E-state index contributed by atoms with van der Waals surface area (Å²) in [4.78, 5) is 60.4. The Morgan fingerprint density at radius 1 is 0.887 bits per heavy atom. The second-order valence-corrected chi connectivity index (χ2v) is 22.3. The summed E-state index contributed by atoms with van der Waals surface area (Å²) in [6.45, 7) is 17.5. The molecule has 11 nitrogen and oxygen atoms in total. The molecule has 3 fully saturated rings. The third-order valence-electron chi connectivity index (χ3n) is 12.2. The SMILES string of the molecule is CC1NC(=O)C(C2CC2)OC(=O)C2(C=Cc3ccc4ccc(nc4c3)C(C)NC(=O)C3CCCN(N3)C1=O)CCC(O[Si](C(C)C)(C(C)C)C(C)C)C2. The number of pyridine rings is 1. The highest BCUT2D eigenvalue weighted by molar-refractivity contribution is 6.77. The van der Waals surface area contributed by atoms with Gasteiger partial charge in [0.2, 0.25) is 14.2 Å². The molecule has 3 amide bonds. The maximum absolute atomic E-state index is 14.6. The fourth-order valence-corrected chi connectivity index (χ4v) is 14.7. The molecule has 1 spiro atoms. The van der Waals surface area contributed by atoms with Gasteiger partial charge in [-0.25, -0.2) is 5.43 Å². The third-order valence-corrected chi connectivity index (χ3v) is 18.3. The Morgan fingerprint density at radius 2 is 1.57 bits per heavy atom. The molecule has 4 aliphatic rings. The summed E-state index contributed by atoms with van der Waals surface area (Å²) in [6, 6.07) is 8.04. The molecule has 2 aromatic rings. The van der Waals surface area contributed by atoms with Crippen molar-refractivity contribution in [3.05, 3.63) is 47.7 Å². The van der Waals surface area contributed by atoms with Crippen molar-refractivity contribution < 1.29 is 28.3 Å². The van der Waals surface area contributed by atoms with E-state index in [0.29, 0.717) is 61.0 Å². The van der Waals surface area contributed by atoms with Gasteiger partial charge in [-0.05, 0) is 93.1 Å². The maximum atomic E-state index is 14.6. The first-order valence-corrected chi connectivity index (χ1v) is 21.9. The van der Waals surface area contributed by atoms with Crippen molar-refractivity contribution in [2.45, 2.75) is 147 Å². The van der Waals surface area contributed by atoms with E-state index in [9.17, 15) is 19.2 Å². The van der Waals surface area contributed by atoms with Gasteiger partial charge in [0, 0.05) is 24.0 Å². The Morgan fingerprint density at radius 3 is 2.25 bits per heavy atom. The van der Waals surface area contributed by atoms with Crippen LogP contribution in [0, 0.1) is 11.3 Å². The molecule has 5 bridgehead atoms. The number of benzene rings is 1. The second kappa shape index (κ2) is 15.6. The maximum Gasteiger partial charge on any atom is 0.316 e. The first kappa shape index (κ1) is 39.1. The minimum Gasteiger partial charge on any atom is -0.451 e. The highest BCUT2D eigenvalue weighted by Gasteiger charge is 2.53. The van der Waals surface area contributed by atoms with Gasteiger partial charge in [0.15, 0.2) is 6.10 Å². The zero-order valence-electron chi connectivity index (χ0n) is 32.7. The average Bonchev–Trinajstić information content (AvgIpc) is 3.89. The standard InChI is InChI=1S/C41H59N5O6Si/c1-24(2)53(25(3)4,26(5)6)52-32-18-20-41(23-32)19-17-29-11-12-30-15-16-33(44-35(30)22-29)27(7)42-37(47)34-10-9-21-46(45-34)39(49)28(8)43-38(48)36(31-13-14-31)51-40(41)50/h11-12,15-17,19,22,24-28,31-32,34,36,45H,9-10,13-14,18,20-21,23H2,1-8H3,(H,42,47)(H,43,48). The quantitative estimate of drug-likeness (QED) is 0.225. The number of fused-ring (bicyclic) bond motifs is 4. The number of carbonyl (C=O) groups is 4. The molecule has 1 aromatic heterocycles. The Labute approximate surface area is 315 Å². The number of nitrogens with zero attached hydrogens (tertiary/aromatic N) is 2. The lowest BCUT2D eigenvalue weighted by atomic mass is 9.85. The van der Waals surface area contributed by atoms with Crippen LogP contribution in [0.3, 0.4) is 0 Å². The van der Waals surface area contributed by atoms with Gasteiger partial charge in [-0.3, -0.25) is 29.2 Å². The summed E-state index contributed by atoms with van der Waals surface area (Å²) < 4.78 is 13.5. The highest BCUT2D eigenvalue weighted by atomic mass is 28.4. The lowest BCUT2D eigenvalue weighted by Gasteiger charge is -2.44. The zero-order chi connectivity index (χ0) is 38.2. The summed E-state index contributed by atoms with van der Waals surface area (Å²) in [7, 11) is -2.24. The second-order valence-electron chi connectivity index (χ2n) is 16.9. The lowest BCUT2D eigenvalue weighted by Crippen LogP contribution is -2.61. The number of nitrogens with one attached hydrogen (secondary N) is 3. The van der Waals surface area contributed by atoms with Gasteiger partial charge in [-0.1, -0.05) is 71.9 Å². The van der Waals surface area contributed by atoms with Crippen LogP contribution in [0.1, 0.15) is 118 Å². The van der Waals surface area contributed by atoms with Crippen LogP contribution in [0.2, 0.25) is 16.6 Å². The molecular weight excluding hydrogens is 687 g/mol. The molecule has 0 radical (unpaired) electrons. The first-order valence-electron chi connectivity index (χ1n) is 19.8. The monoisotopic (exact) mass is 745 g/mol. The summed E-state index contributed by atoms with van der Waals surface area (Å²) >= 11 is 0. The Hall–Kier alpha value is -3.61. The van der Waals surface area contributed by atoms with E-state index >= 15 is 0 Å². The summed E-state index contributed by atoms with van der Waals surface area (Å²) in [5.41, 5.74) is 5.65.